The summed E-state index contributed by atoms with van der Waals surface area (Å²) in [5, 5.41) is 12.3. The van der Waals surface area contributed by atoms with E-state index in [2.05, 4.69) is 17.5 Å². The molecule has 2 rings (SSSR count). The maximum absolute atomic E-state index is 9.08. The molecule has 66 valence electrons. The lowest BCUT2D eigenvalue weighted by Crippen LogP contribution is -2.43. The first kappa shape index (κ1) is 8.28. The van der Waals surface area contributed by atoms with Crippen molar-refractivity contribution in [3.05, 3.63) is 35.4 Å². The molecule has 0 fully saturated rings. The van der Waals surface area contributed by atoms with Gasteiger partial charge < -0.3 is 0 Å². The third-order valence-electron chi connectivity index (χ3n) is 2.65. The van der Waals surface area contributed by atoms with Crippen molar-refractivity contribution in [2.75, 3.05) is 6.54 Å². The molecule has 1 aromatic carbocycles. The van der Waals surface area contributed by atoms with E-state index in [0.717, 1.165) is 18.5 Å². The summed E-state index contributed by atoms with van der Waals surface area (Å²) in [6.45, 7) is 2.83. The third kappa shape index (κ3) is 1.22. The molecule has 2 heteroatoms. The van der Waals surface area contributed by atoms with Gasteiger partial charge in [0.25, 0.3) is 0 Å². The number of nitriles is 1. The smallest absolute Gasteiger partial charge is 0.129 e. The molecule has 0 saturated carbocycles. The maximum Gasteiger partial charge on any atom is 0.129 e. The summed E-state index contributed by atoms with van der Waals surface area (Å²) in [6.07, 6.45) is 1.02. The molecule has 0 saturated heterocycles. The monoisotopic (exact) mass is 172 g/mol. The molecule has 0 radical (unpaired) electrons. The number of hydrogen-bond acceptors (Lipinski definition) is 2. The fourth-order valence-electron chi connectivity index (χ4n) is 1.87. The van der Waals surface area contributed by atoms with Crippen molar-refractivity contribution >= 4 is 0 Å². The van der Waals surface area contributed by atoms with Gasteiger partial charge in [-0.1, -0.05) is 24.3 Å². The minimum atomic E-state index is -0.491. The molecule has 13 heavy (non-hydrogen) atoms. The summed E-state index contributed by atoms with van der Waals surface area (Å²) in [6, 6.07) is 10.5. The van der Waals surface area contributed by atoms with Gasteiger partial charge in [0.1, 0.15) is 5.54 Å². The normalized spacial score (nSPS) is 26.2. The Labute approximate surface area is 78.2 Å². The highest BCUT2D eigenvalue weighted by molar-refractivity contribution is 5.39. The number of hydrogen-bond donors (Lipinski definition) is 1. The number of nitrogens with one attached hydrogen (secondary N) is 1. The van der Waals surface area contributed by atoms with Crippen LogP contribution in [0.25, 0.3) is 0 Å². The molecule has 2 nitrogen and oxygen atoms in total. The van der Waals surface area contributed by atoms with Crippen molar-refractivity contribution in [3.63, 3.8) is 0 Å². The molecular formula is C11H12N2. The van der Waals surface area contributed by atoms with Crippen molar-refractivity contribution < 1.29 is 0 Å². The Morgan fingerprint density at radius 3 is 3.00 bits per heavy atom. The van der Waals surface area contributed by atoms with E-state index < -0.39 is 5.54 Å². The van der Waals surface area contributed by atoms with Gasteiger partial charge >= 0.3 is 0 Å². The fraction of sp³-hybridized carbons (Fsp3) is 0.364. The molecule has 0 spiro atoms. The molecule has 0 bridgehead atoms. The van der Waals surface area contributed by atoms with Gasteiger partial charge in [0.05, 0.1) is 6.07 Å². The van der Waals surface area contributed by atoms with Crippen molar-refractivity contribution in [2.45, 2.75) is 18.9 Å². The van der Waals surface area contributed by atoms with Crippen LogP contribution in [0.2, 0.25) is 0 Å². The van der Waals surface area contributed by atoms with Crippen LogP contribution in [0.15, 0.2) is 24.3 Å². The van der Waals surface area contributed by atoms with Crippen LogP contribution < -0.4 is 5.32 Å². The van der Waals surface area contributed by atoms with Gasteiger partial charge in [-0.25, -0.2) is 0 Å². The Hall–Kier alpha value is -1.33. The molecular weight excluding hydrogens is 160 g/mol. The van der Waals surface area contributed by atoms with E-state index in [1.807, 2.05) is 25.1 Å². The number of rotatable bonds is 0. The van der Waals surface area contributed by atoms with Gasteiger partial charge in [0, 0.05) is 6.54 Å². The highest BCUT2D eigenvalue weighted by atomic mass is 15.0. The number of fused-ring (bicyclic) bond motifs is 1. The first-order valence-corrected chi connectivity index (χ1v) is 4.51. The van der Waals surface area contributed by atoms with E-state index in [9.17, 15) is 0 Å². The summed E-state index contributed by atoms with van der Waals surface area (Å²) < 4.78 is 0. The summed E-state index contributed by atoms with van der Waals surface area (Å²) >= 11 is 0. The average molecular weight is 172 g/mol. The van der Waals surface area contributed by atoms with Gasteiger partial charge in [-0.2, -0.15) is 5.26 Å². The van der Waals surface area contributed by atoms with Crippen LogP contribution in [-0.2, 0) is 12.0 Å². The summed E-state index contributed by atoms with van der Waals surface area (Å²) in [7, 11) is 0. The second-order valence-electron chi connectivity index (χ2n) is 3.57. The standard InChI is InChI=1S/C11H12N2/c1-11(8-12)10-5-3-2-4-9(10)6-7-13-11/h2-5,13H,6-7H2,1H3. The highest BCUT2D eigenvalue weighted by Gasteiger charge is 2.30. The lowest BCUT2D eigenvalue weighted by molar-refractivity contribution is 0.441. The van der Waals surface area contributed by atoms with Gasteiger partial charge in [0.15, 0.2) is 0 Å². The topological polar surface area (TPSA) is 35.8 Å². The van der Waals surface area contributed by atoms with Crippen molar-refractivity contribution in [1.29, 1.82) is 5.26 Å². The maximum atomic E-state index is 9.08. The molecule has 1 N–H and O–H groups in total. The van der Waals surface area contributed by atoms with Gasteiger partial charge in [-0.05, 0) is 24.5 Å². The summed E-state index contributed by atoms with van der Waals surface area (Å²) in [5.74, 6) is 0. The second-order valence-corrected chi connectivity index (χ2v) is 3.57. The van der Waals surface area contributed by atoms with Crippen molar-refractivity contribution in [3.8, 4) is 6.07 Å². The van der Waals surface area contributed by atoms with Gasteiger partial charge in [0.2, 0.25) is 0 Å². The van der Waals surface area contributed by atoms with E-state index in [4.69, 9.17) is 5.26 Å². The summed E-state index contributed by atoms with van der Waals surface area (Å²) in [4.78, 5) is 0. The van der Waals surface area contributed by atoms with Gasteiger partial charge in [-0.3, -0.25) is 5.32 Å². The molecule has 1 unspecified atom stereocenters. The van der Waals surface area contributed by atoms with E-state index >= 15 is 0 Å². The molecule has 0 aromatic heterocycles. The SMILES string of the molecule is CC1(C#N)NCCc2ccccc21. The number of benzene rings is 1. The van der Waals surface area contributed by atoms with E-state index in [-0.39, 0.29) is 0 Å². The molecule has 1 heterocycles. The Morgan fingerprint density at radius 1 is 1.46 bits per heavy atom. The Balaban J connectivity index is 2.56. The first-order valence-electron chi connectivity index (χ1n) is 4.51. The van der Waals surface area contributed by atoms with Crippen LogP contribution in [0.4, 0.5) is 0 Å². The lowest BCUT2D eigenvalue weighted by Gasteiger charge is -2.30. The Kier molecular flexibility index (Phi) is 1.82. The third-order valence-corrected chi connectivity index (χ3v) is 2.65. The minimum absolute atomic E-state index is 0.491. The highest BCUT2D eigenvalue weighted by Crippen LogP contribution is 2.27. The van der Waals surface area contributed by atoms with E-state index in [0.29, 0.717) is 0 Å². The second kappa shape index (κ2) is 2.86. The zero-order valence-electron chi connectivity index (χ0n) is 7.67. The van der Waals surface area contributed by atoms with E-state index in [1.54, 1.807) is 0 Å². The summed E-state index contributed by atoms with van der Waals surface area (Å²) in [5.41, 5.74) is 1.93. The fourth-order valence-corrected chi connectivity index (χ4v) is 1.87. The van der Waals surface area contributed by atoms with Crippen LogP contribution in [0.3, 0.4) is 0 Å². The largest absolute Gasteiger partial charge is 0.296 e. The van der Waals surface area contributed by atoms with Crippen LogP contribution in [0.5, 0.6) is 0 Å². The van der Waals surface area contributed by atoms with Crippen LogP contribution in [0, 0.1) is 11.3 Å². The van der Waals surface area contributed by atoms with Crippen LogP contribution >= 0.6 is 0 Å². The lowest BCUT2D eigenvalue weighted by atomic mass is 9.85. The Bertz CT molecular complexity index is 365. The van der Waals surface area contributed by atoms with Crippen molar-refractivity contribution in [1.82, 2.24) is 5.32 Å². The molecule has 1 aliphatic heterocycles. The quantitative estimate of drug-likeness (QED) is 0.644. The minimum Gasteiger partial charge on any atom is -0.296 e. The number of nitrogens with zero attached hydrogens (tertiary/aromatic N) is 1. The predicted molar refractivity (Wildman–Crippen MR) is 51.1 cm³/mol. The predicted octanol–water partition coefficient (Wildman–Crippen LogP) is 1.57. The zero-order valence-corrected chi connectivity index (χ0v) is 7.67. The van der Waals surface area contributed by atoms with Crippen molar-refractivity contribution in [2.24, 2.45) is 0 Å². The molecule has 0 amide bonds. The van der Waals surface area contributed by atoms with Crippen LogP contribution in [0.1, 0.15) is 18.1 Å². The first-order chi connectivity index (χ1) is 6.26. The molecule has 1 aromatic rings. The van der Waals surface area contributed by atoms with Crippen LogP contribution in [-0.4, -0.2) is 6.54 Å². The molecule has 0 aliphatic carbocycles. The zero-order chi connectivity index (χ0) is 9.31. The molecule has 1 aliphatic rings. The van der Waals surface area contributed by atoms with Gasteiger partial charge in [-0.15, -0.1) is 0 Å². The Morgan fingerprint density at radius 2 is 2.23 bits per heavy atom. The van der Waals surface area contributed by atoms with E-state index in [1.165, 1.54) is 5.56 Å². The molecule has 1 atom stereocenters. The average Bonchev–Trinajstić information content (AvgIpc) is 2.19.